The highest BCUT2D eigenvalue weighted by atomic mass is 16.3. The summed E-state index contributed by atoms with van der Waals surface area (Å²) in [5, 5.41) is 21.9. The summed E-state index contributed by atoms with van der Waals surface area (Å²) in [6.45, 7) is 5.99. The Morgan fingerprint density at radius 3 is 2.48 bits per heavy atom. The molecule has 1 amide bonds. The highest BCUT2D eigenvalue weighted by Gasteiger charge is 2.27. The molecule has 0 spiro atoms. The molecule has 0 saturated heterocycles. The van der Waals surface area contributed by atoms with Crippen LogP contribution in [0.4, 0.5) is 5.69 Å². The molecule has 0 bridgehead atoms. The van der Waals surface area contributed by atoms with Gasteiger partial charge in [0.15, 0.2) is 11.5 Å². The molecule has 1 aromatic rings. The Morgan fingerprint density at radius 1 is 1.14 bits per heavy atom. The fourth-order valence-electron chi connectivity index (χ4n) is 2.21. The number of unbranched alkanes of at least 4 members (excludes halogenated alkanes) is 4. The van der Waals surface area contributed by atoms with Gasteiger partial charge in [-0.25, -0.2) is 0 Å². The molecule has 4 heteroatoms. The molecule has 0 saturated carbocycles. The lowest BCUT2D eigenvalue weighted by Gasteiger charge is -2.24. The van der Waals surface area contributed by atoms with Crippen molar-refractivity contribution in [2.45, 2.75) is 59.3 Å². The number of aromatic hydroxyl groups is 2. The number of benzene rings is 1. The highest BCUT2D eigenvalue weighted by molar-refractivity contribution is 5.96. The summed E-state index contributed by atoms with van der Waals surface area (Å²) in [5.41, 5.74) is -0.247. The highest BCUT2D eigenvalue weighted by Crippen LogP contribution is 2.34. The van der Waals surface area contributed by atoms with E-state index in [9.17, 15) is 15.0 Å². The van der Waals surface area contributed by atoms with Gasteiger partial charge in [0.25, 0.3) is 0 Å². The number of para-hydroxylation sites is 1. The molecule has 0 aromatic heterocycles. The van der Waals surface area contributed by atoms with Crippen molar-refractivity contribution in [2.24, 2.45) is 5.41 Å². The van der Waals surface area contributed by atoms with Crippen LogP contribution in [0.25, 0.3) is 0 Å². The van der Waals surface area contributed by atoms with Crippen LogP contribution in [0.3, 0.4) is 0 Å². The third kappa shape index (κ3) is 5.29. The van der Waals surface area contributed by atoms with E-state index in [1.807, 2.05) is 13.8 Å². The number of anilines is 1. The Kier molecular flexibility index (Phi) is 6.53. The minimum absolute atomic E-state index is 0.140. The Morgan fingerprint density at radius 2 is 1.81 bits per heavy atom. The van der Waals surface area contributed by atoms with Crippen molar-refractivity contribution in [1.82, 2.24) is 0 Å². The second-order valence-corrected chi connectivity index (χ2v) is 6.18. The Hall–Kier alpha value is -1.71. The van der Waals surface area contributed by atoms with E-state index in [0.29, 0.717) is 0 Å². The zero-order chi connectivity index (χ0) is 15.9. The second-order valence-electron chi connectivity index (χ2n) is 6.18. The molecule has 0 fully saturated rings. The summed E-state index contributed by atoms with van der Waals surface area (Å²) in [6, 6.07) is 4.54. The standard InChI is InChI=1S/C17H27NO3/c1-4-5-6-7-8-12-17(2,3)16(21)18-13-10-9-11-14(19)15(13)20/h9-11,19-20H,4-8,12H2,1-3H3,(H,18,21). The van der Waals surface area contributed by atoms with Crippen LogP contribution in [0.5, 0.6) is 11.5 Å². The van der Waals surface area contributed by atoms with Crippen molar-refractivity contribution in [1.29, 1.82) is 0 Å². The van der Waals surface area contributed by atoms with E-state index in [1.54, 1.807) is 12.1 Å². The van der Waals surface area contributed by atoms with Gasteiger partial charge in [0.05, 0.1) is 5.69 Å². The molecule has 1 aromatic carbocycles. The van der Waals surface area contributed by atoms with Crippen molar-refractivity contribution in [3.63, 3.8) is 0 Å². The van der Waals surface area contributed by atoms with Gasteiger partial charge in [0.1, 0.15) is 0 Å². The Balaban J connectivity index is 2.54. The van der Waals surface area contributed by atoms with Gasteiger partial charge < -0.3 is 15.5 Å². The van der Waals surface area contributed by atoms with Gasteiger partial charge in [-0.1, -0.05) is 58.9 Å². The molecule has 0 heterocycles. The number of carbonyl (C=O) groups is 1. The van der Waals surface area contributed by atoms with Crippen molar-refractivity contribution >= 4 is 11.6 Å². The zero-order valence-corrected chi connectivity index (χ0v) is 13.3. The third-order valence-electron chi connectivity index (χ3n) is 3.78. The fourth-order valence-corrected chi connectivity index (χ4v) is 2.21. The van der Waals surface area contributed by atoms with Gasteiger partial charge in [0.2, 0.25) is 5.91 Å². The molecule has 1 rings (SSSR count). The normalized spacial score (nSPS) is 11.4. The molecule has 0 aliphatic carbocycles. The lowest BCUT2D eigenvalue weighted by molar-refractivity contribution is -0.124. The van der Waals surface area contributed by atoms with E-state index in [-0.39, 0.29) is 23.1 Å². The average molecular weight is 293 g/mol. The monoisotopic (exact) mass is 293 g/mol. The summed E-state index contributed by atoms with van der Waals surface area (Å²) >= 11 is 0. The molecule has 21 heavy (non-hydrogen) atoms. The topological polar surface area (TPSA) is 69.6 Å². The summed E-state index contributed by atoms with van der Waals surface area (Å²) in [7, 11) is 0. The van der Waals surface area contributed by atoms with Gasteiger partial charge in [-0.05, 0) is 18.6 Å². The van der Waals surface area contributed by atoms with Crippen molar-refractivity contribution in [2.75, 3.05) is 5.32 Å². The van der Waals surface area contributed by atoms with Gasteiger partial charge in [-0.2, -0.15) is 0 Å². The molecule has 0 atom stereocenters. The maximum Gasteiger partial charge on any atom is 0.230 e. The third-order valence-corrected chi connectivity index (χ3v) is 3.78. The van der Waals surface area contributed by atoms with Crippen LogP contribution in [-0.2, 0) is 4.79 Å². The summed E-state index contributed by atoms with van der Waals surface area (Å²) in [4.78, 5) is 12.3. The fraction of sp³-hybridized carbons (Fsp3) is 0.588. The molecule has 118 valence electrons. The number of phenolic OH excluding ortho intramolecular Hbond substituents is 2. The summed E-state index contributed by atoms with van der Waals surface area (Å²) in [6.07, 6.45) is 6.63. The first-order chi connectivity index (χ1) is 9.88. The minimum Gasteiger partial charge on any atom is -0.504 e. The number of phenols is 2. The van der Waals surface area contributed by atoms with Crippen LogP contribution in [0.15, 0.2) is 18.2 Å². The van der Waals surface area contributed by atoms with Crippen LogP contribution in [-0.4, -0.2) is 16.1 Å². The number of carbonyl (C=O) groups excluding carboxylic acids is 1. The molecule has 0 aliphatic heterocycles. The quantitative estimate of drug-likeness (QED) is 0.491. The molecular weight excluding hydrogens is 266 g/mol. The van der Waals surface area contributed by atoms with Gasteiger partial charge in [-0.3, -0.25) is 4.79 Å². The maximum absolute atomic E-state index is 12.3. The number of hydrogen-bond acceptors (Lipinski definition) is 3. The Labute approximate surface area is 127 Å². The van der Waals surface area contributed by atoms with Crippen LogP contribution in [0, 0.1) is 5.41 Å². The van der Waals surface area contributed by atoms with Crippen LogP contribution >= 0.6 is 0 Å². The van der Waals surface area contributed by atoms with Crippen LogP contribution < -0.4 is 5.32 Å². The lowest BCUT2D eigenvalue weighted by Crippen LogP contribution is -2.30. The summed E-state index contributed by atoms with van der Waals surface area (Å²) in [5.74, 6) is -0.659. The molecular formula is C17H27NO3. The average Bonchev–Trinajstić information content (AvgIpc) is 2.43. The number of rotatable bonds is 8. The maximum atomic E-state index is 12.3. The van der Waals surface area contributed by atoms with Gasteiger partial charge in [-0.15, -0.1) is 0 Å². The smallest absolute Gasteiger partial charge is 0.230 e. The first-order valence-electron chi connectivity index (χ1n) is 7.71. The zero-order valence-electron chi connectivity index (χ0n) is 13.3. The van der Waals surface area contributed by atoms with E-state index in [4.69, 9.17) is 0 Å². The molecule has 0 aliphatic rings. The van der Waals surface area contributed by atoms with E-state index >= 15 is 0 Å². The van der Waals surface area contributed by atoms with Crippen molar-refractivity contribution in [3.05, 3.63) is 18.2 Å². The van der Waals surface area contributed by atoms with Gasteiger partial charge in [0, 0.05) is 5.41 Å². The lowest BCUT2D eigenvalue weighted by atomic mass is 9.85. The van der Waals surface area contributed by atoms with Crippen molar-refractivity contribution < 1.29 is 15.0 Å². The molecule has 3 N–H and O–H groups in total. The second kappa shape index (κ2) is 7.91. The Bertz CT molecular complexity index is 469. The molecule has 4 nitrogen and oxygen atoms in total. The van der Waals surface area contributed by atoms with E-state index in [2.05, 4.69) is 12.2 Å². The van der Waals surface area contributed by atoms with Gasteiger partial charge >= 0.3 is 0 Å². The van der Waals surface area contributed by atoms with Crippen molar-refractivity contribution in [3.8, 4) is 11.5 Å². The van der Waals surface area contributed by atoms with E-state index < -0.39 is 5.41 Å². The predicted octanol–water partition coefficient (Wildman–Crippen LogP) is 4.42. The molecule has 0 unspecified atom stereocenters. The summed E-state index contributed by atoms with van der Waals surface area (Å²) < 4.78 is 0. The van der Waals surface area contributed by atoms with E-state index in [1.165, 1.54) is 25.3 Å². The largest absolute Gasteiger partial charge is 0.504 e. The number of amides is 1. The number of nitrogens with one attached hydrogen (secondary N) is 1. The SMILES string of the molecule is CCCCCCCC(C)(C)C(=O)Nc1cccc(O)c1O. The predicted molar refractivity (Wildman–Crippen MR) is 85.6 cm³/mol. The minimum atomic E-state index is -0.496. The first-order valence-corrected chi connectivity index (χ1v) is 7.71. The van der Waals surface area contributed by atoms with Crippen LogP contribution in [0.1, 0.15) is 59.3 Å². The molecule has 0 radical (unpaired) electrons. The number of hydrogen-bond donors (Lipinski definition) is 3. The van der Waals surface area contributed by atoms with Crippen LogP contribution in [0.2, 0.25) is 0 Å². The van der Waals surface area contributed by atoms with E-state index in [0.717, 1.165) is 19.3 Å². The first kappa shape index (κ1) is 17.3.